The molecular weight excluding hydrogens is 194 g/mol. The van der Waals surface area contributed by atoms with E-state index in [0.29, 0.717) is 0 Å². The van der Waals surface area contributed by atoms with Gasteiger partial charge in [0, 0.05) is 13.1 Å². The van der Waals surface area contributed by atoms with E-state index in [1.807, 2.05) is 0 Å². The number of aromatic nitrogens is 1. The van der Waals surface area contributed by atoms with Crippen molar-refractivity contribution in [1.82, 2.24) is 4.98 Å². The van der Waals surface area contributed by atoms with Crippen LogP contribution in [0, 0.1) is 11.8 Å². The zero-order valence-electron chi connectivity index (χ0n) is 8.73. The first-order chi connectivity index (χ1) is 6.66. The molecule has 3 nitrogen and oxygen atoms in total. The van der Waals surface area contributed by atoms with Gasteiger partial charge in [0.2, 0.25) is 0 Å². The van der Waals surface area contributed by atoms with Crippen molar-refractivity contribution < 1.29 is 0 Å². The molecule has 1 saturated heterocycles. The second-order valence-electron chi connectivity index (χ2n) is 4.28. The molecule has 0 aromatic carbocycles. The van der Waals surface area contributed by atoms with Gasteiger partial charge < -0.3 is 10.6 Å². The molecule has 0 amide bonds. The summed E-state index contributed by atoms with van der Waals surface area (Å²) in [6, 6.07) is 0. The molecule has 0 spiro atoms. The standard InChI is InChI=1S/C10H17N3S/c1-7(2)8-3-4-13(6-8)10-12-5-9(11)14-10/h5,7-8H,3-4,6,11H2,1-2H3. The lowest BCUT2D eigenvalue weighted by Crippen LogP contribution is -2.20. The third-order valence-corrected chi connectivity index (χ3v) is 3.84. The van der Waals surface area contributed by atoms with Crippen LogP contribution in [0.3, 0.4) is 0 Å². The molecule has 14 heavy (non-hydrogen) atoms. The lowest BCUT2D eigenvalue weighted by molar-refractivity contribution is 0.423. The Hall–Kier alpha value is -0.770. The molecular formula is C10H17N3S. The van der Waals surface area contributed by atoms with Crippen LogP contribution in [0.5, 0.6) is 0 Å². The van der Waals surface area contributed by atoms with Crippen LogP contribution < -0.4 is 10.6 Å². The van der Waals surface area contributed by atoms with Crippen molar-refractivity contribution in [1.29, 1.82) is 0 Å². The van der Waals surface area contributed by atoms with E-state index in [2.05, 4.69) is 23.7 Å². The van der Waals surface area contributed by atoms with Gasteiger partial charge in [0.15, 0.2) is 5.13 Å². The fourth-order valence-electron chi connectivity index (χ4n) is 1.93. The summed E-state index contributed by atoms with van der Waals surface area (Å²) in [6.07, 6.45) is 3.04. The zero-order chi connectivity index (χ0) is 10.1. The summed E-state index contributed by atoms with van der Waals surface area (Å²) in [5, 5.41) is 1.90. The average Bonchev–Trinajstić information content (AvgIpc) is 2.70. The highest BCUT2D eigenvalue weighted by atomic mass is 32.1. The summed E-state index contributed by atoms with van der Waals surface area (Å²) in [5.41, 5.74) is 5.67. The molecule has 4 heteroatoms. The molecule has 2 heterocycles. The Kier molecular flexibility index (Phi) is 2.63. The largest absolute Gasteiger partial charge is 0.389 e. The number of hydrogen-bond donors (Lipinski definition) is 1. The minimum atomic E-state index is 0.775. The Labute approximate surface area is 88.9 Å². The van der Waals surface area contributed by atoms with Crippen LogP contribution in [0.1, 0.15) is 20.3 Å². The van der Waals surface area contributed by atoms with Crippen molar-refractivity contribution in [3.05, 3.63) is 6.20 Å². The number of nitrogen functional groups attached to an aromatic ring is 1. The minimum absolute atomic E-state index is 0.775. The van der Waals surface area contributed by atoms with Gasteiger partial charge in [0.05, 0.1) is 6.20 Å². The Morgan fingerprint density at radius 1 is 1.64 bits per heavy atom. The molecule has 1 aromatic rings. The van der Waals surface area contributed by atoms with Crippen molar-refractivity contribution >= 4 is 21.5 Å². The highest BCUT2D eigenvalue weighted by molar-refractivity contribution is 7.19. The molecule has 1 aliphatic rings. The van der Waals surface area contributed by atoms with Crippen LogP contribution in [0.25, 0.3) is 0 Å². The maximum Gasteiger partial charge on any atom is 0.187 e. The van der Waals surface area contributed by atoms with Crippen LogP contribution in [0.2, 0.25) is 0 Å². The monoisotopic (exact) mass is 211 g/mol. The molecule has 1 fully saturated rings. The minimum Gasteiger partial charge on any atom is -0.389 e. The number of thiazole rings is 1. The SMILES string of the molecule is CC(C)C1CCN(c2ncc(N)s2)C1. The van der Waals surface area contributed by atoms with Gasteiger partial charge in [-0.2, -0.15) is 0 Å². The van der Waals surface area contributed by atoms with Gasteiger partial charge >= 0.3 is 0 Å². The fraction of sp³-hybridized carbons (Fsp3) is 0.700. The lowest BCUT2D eigenvalue weighted by atomic mass is 9.95. The van der Waals surface area contributed by atoms with Gasteiger partial charge in [0.25, 0.3) is 0 Å². The number of nitrogens with zero attached hydrogens (tertiary/aromatic N) is 2. The molecule has 0 bridgehead atoms. The molecule has 0 saturated carbocycles. The molecule has 1 aromatic heterocycles. The maximum atomic E-state index is 5.67. The molecule has 0 aliphatic carbocycles. The van der Waals surface area contributed by atoms with Crippen molar-refractivity contribution in [2.75, 3.05) is 23.7 Å². The van der Waals surface area contributed by atoms with Crippen molar-refractivity contribution in [3.63, 3.8) is 0 Å². The van der Waals surface area contributed by atoms with Crippen LogP contribution in [-0.2, 0) is 0 Å². The molecule has 2 rings (SSSR count). The fourth-order valence-corrected chi connectivity index (χ4v) is 2.64. The van der Waals surface area contributed by atoms with Gasteiger partial charge in [-0.1, -0.05) is 25.2 Å². The van der Waals surface area contributed by atoms with E-state index >= 15 is 0 Å². The maximum absolute atomic E-state index is 5.67. The number of anilines is 2. The Morgan fingerprint density at radius 3 is 2.93 bits per heavy atom. The predicted molar refractivity (Wildman–Crippen MR) is 61.7 cm³/mol. The first-order valence-electron chi connectivity index (χ1n) is 5.13. The summed E-state index contributed by atoms with van der Waals surface area (Å²) >= 11 is 1.59. The molecule has 1 aliphatic heterocycles. The third kappa shape index (κ3) is 1.85. The van der Waals surface area contributed by atoms with Gasteiger partial charge in [-0.25, -0.2) is 4.98 Å². The molecule has 78 valence electrons. The molecule has 2 N–H and O–H groups in total. The van der Waals surface area contributed by atoms with E-state index in [-0.39, 0.29) is 0 Å². The highest BCUT2D eigenvalue weighted by Gasteiger charge is 2.26. The van der Waals surface area contributed by atoms with Crippen LogP contribution in [0.4, 0.5) is 10.1 Å². The topological polar surface area (TPSA) is 42.2 Å². The van der Waals surface area contributed by atoms with Crippen molar-refractivity contribution in [2.45, 2.75) is 20.3 Å². The Morgan fingerprint density at radius 2 is 2.43 bits per heavy atom. The van der Waals surface area contributed by atoms with E-state index in [0.717, 1.165) is 35.1 Å². The third-order valence-electron chi connectivity index (χ3n) is 2.95. The van der Waals surface area contributed by atoms with E-state index < -0.39 is 0 Å². The smallest absolute Gasteiger partial charge is 0.187 e. The molecule has 0 radical (unpaired) electrons. The Bertz CT molecular complexity index is 308. The Balaban J connectivity index is 2.02. The van der Waals surface area contributed by atoms with Gasteiger partial charge in [0.1, 0.15) is 5.00 Å². The first-order valence-corrected chi connectivity index (χ1v) is 5.94. The normalized spacial score (nSPS) is 22.2. The molecule has 1 unspecified atom stereocenters. The van der Waals surface area contributed by atoms with Crippen LogP contribution >= 0.6 is 11.3 Å². The highest BCUT2D eigenvalue weighted by Crippen LogP contribution is 2.31. The lowest BCUT2D eigenvalue weighted by Gasteiger charge is -2.16. The summed E-state index contributed by atoms with van der Waals surface area (Å²) in [6.45, 7) is 6.87. The van der Waals surface area contributed by atoms with Gasteiger partial charge in [-0.15, -0.1) is 0 Å². The second-order valence-corrected chi connectivity index (χ2v) is 5.32. The summed E-state index contributed by atoms with van der Waals surface area (Å²) in [4.78, 5) is 6.66. The first kappa shape index (κ1) is 9.77. The predicted octanol–water partition coefficient (Wildman–Crippen LogP) is 2.21. The van der Waals surface area contributed by atoms with Crippen molar-refractivity contribution in [2.24, 2.45) is 11.8 Å². The van der Waals surface area contributed by atoms with Gasteiger partial charge in [-0.3, -0.25) is 0 Å². The second kappa shape index (κ2) is 3.77. The van der Waals surface area contributed by atoms with E-state index in [1.165, 1.54) is 6.42 Å². The summed E-state index contributed by atoms with van der Waals surface area (Å²) in [5.74, 6) is 1.59. The number of nitrogens with two attached hydrogens (primary N) is 1. The van der Waals surface area contributed by atoms with Gasteiger partial charge in [-0.05, 0) is 18.3 Å². The summed E-state index contributed by atoms with van der Waals surface area (Å²) in [7, 11) is 0. The average molecular weight is 211 g/mol. The molecule has 1 atom stereocenters. The summed E-state index contributed by atoms with van der Waals surface area (Å²) < 4.78 is 0. The van der Waals surface area contributed by atoms with Crippen LogP contribution in [0.15, 0.2) is 6.20 Å². The van der Waals surface area contributed by atoms with Crippen molar-refractivity contribution in [3.8, 4) is 0 Å². The number of hydrogen-bond acceptors (Lipinski definition) is 4. The zero-order valence-corrected chi connectivity index (χ0v) is 9.55. The van der Waals surface area contributed by atoms with E-state index in [1.54, 1.807) is 17.5 Å². The van der Waals surface area contributed by atoms with Crippen LogP contribution in [-0.4, -0.2) is 18.1 Å². The van der Waals surface area contributed by atoms with E-state index in [9.17, 15) is 0 Å². The number of rotatable bonds is 2. The van der Waals surface area contributed by atoms with E-state index in [4.69, 9.17) is 5.73 Å². The quantitative estimate of drug-likeness (QED) is 0.815.